The van der Waals surface area contributed by atoms with Crippen LogP contribution in [0.4, 0.5) is 13.2 Å². The van der Waals surface area contributed by atoms with E-state index in [0.717, 1.165) is 44.2 Å². The second-order valence-corrected chi connectivity index (χ2v) is 6.39. The molecule has 26 heavy (non-hydrogen) atoms. The summed E-state index contributed by atoms with van der Waals surface area (Å²) in [4.78, 5) is 23.3. The monoisotopic (exact) mass is 373 g/mol. The number of amides is 1. The Bertz CT molecular complexity index is 588. The predicted octanol–water partition coefficient (Wildman–Crippen LogP) is 4.57. The highest BCUT2D eigenvalue weighted by molar-refractivity contribution is 5.84. The van der Waals surface area contributed by atoms with Gasteiger partial charge < -0.3 is 10.4 Å². The van der Waals surface area contributed by atoms with Gasteiger partial charge in [0.05, 0.1) is 12.0 Å². The molecule has 1 rings (SSSR count). The molecule has 0 spiro atoms. The van der Waals surface area contributed by atoms with Gasteiger partial charge in [0.25, 0.3) is 0 Å². The number of hydrogen-bond donors (Lipinski definition) is 2. The minimum Gasteiger partial charge on any atom is -0.480 e. The minimum atomic E-state index is -4.48. The number of halogens is 3. The highest BCUT2D eigenvalue weighted by Crippen LogP contribution is 2.29. The SMILES string of the molecule is CCCCCCCC[C@H](NC(=O)Cc1cccc(C(F)(F)F)c1)C(=O)O. The number of rotatable bonds is 11. The molecule has 0 fully saturated rings. The number of carboxylic acids is 1. The first-order chi connectivity index (χ1) is 12.2. The van der Waals surface area contributed by atoms with Gasteiger partial charge in [-0.05, 0) is 18.1 Å². The number of carbonyl (C=O) groups excluding carboxylic acids is 1. The van der Waals surface area contributed by atoms with Crippen molar-refractivity contribution in [1.82, 2.24) is 5.32 Å². The first-order valence-corrected chi connectivity index (χ1v) is 8.92. The Labute approximate surface area is 151 Å². The van der Waals surface area contributed by atoms with Crippen molar-refractivity contribution in [3.8, 4) is 0 Å². The molecule has 0 saturated heterocycles. The topological polar surface area (TPSA) is 66.4 Å². The summed E-state index contributed by atoms with van der Waals surface area (Å²) < 4.78 is 38.1. The number of benzene rings is 1. The summed E-state index contributed by atoms with van der Waals surface area (Å²) in [7, 11) is 0. The van der Waals surface area contributed by atoms with E-state index in [1.807, 2.05) is 0 Å². The molecule has 0 aliphatic heterocycles. The average molecular weight is 373 g/mol. The molecule has 1 amide bonds. The van der Waals surface area contributed by atoms with Gasteiger partial charge in [-0.15, -0.1) is 0 Å². The van der Waals surface area contributed by atoms with Crippen molar-refractivity contribution >= 4 is 11.9 Å². The summed E-state index contributed by atoms with van der Waals surface area (Å²) in [5.74, 6) is -1.72. The van der Waals surface area contributed by atoms with Gasteiger partial charge >= 0.3 is 12.1 Å². The molecule has 0 unspecified atom stereocenters. The number of carbonyl (C=O) groups is 2. The van der Waals surface area contributed by atoms with Crippen molar-refractivity contribution in [3.63, 3.8) is 0 Å². The molecule has 0 aromatic heterocycles. The second kappa shape index (κ2) is 10.8. The van der Waals surface area contributed by atoms with Crippen LogP contribution in [-0.4, -0.2) is 23.0 Å². The van der Waals surface area contributed by atoms with E-state index in [1.165, 1.54) is 12.1 Å². The van der Waals surface area contributed by atoms with Crippen LogP contribution in [0.5, 0.6) is 0 Å². The van der Waals surface area contributed by atoms with Crippen LogP contribution in [0, 0.1) is 0 Å². The third-order valence-corrected chi connectivity index (χ3v) is 4.10. The van der Waals surface area contributed by atoms with Crippen molar-refractivity contribution in [2.75, 3.05) is 0 Å². The maximum absolute atomic E-state index is 12.7. The summed E-state index contributed by atoms with van der Waals surface area (Å²) in [6.45, 7) is 2.11. The fourth-order valence-corrected chi connectivity index (χ4v) is 2.67. The molecule has 1 aromatic carbocycles. The normalized spacial score (nSPS) is 12.6. The van der Waals surface area contributed by atoms with Gasteiger partial charge in [-0.25, -0.2) is 4.79 Å². The molecule has 1 atom stereocenters. The van der Waals surface area contributed by atoms with Crippen LogP contribution >= 0.6 is 0 Å². The third-order valence-electron chi connectivity index (χ3n) is 4.10. The van der Waals surface area contributed by atoms with E-state index in [1.54, 1.807) is 0 Å². The number of alkyl halides is 3. The number of unbranched alkanes of at least 4 members (excludes halogenated alkanes) is 5. The Morgan fingerprint density at radius 2 is 1.77 bits per heavy atom. The Morgan fingerprint density at radius 1 is 1.12 bits per heavy atom. The average Bonchev–Trinajstić information content (AvgIpc) is 2.56. The van der Waals surface area contributed by atoms with Crippen LogP contribution in [0.25, 0.3) is 0 Å². The van der Waals surface area contributed by atoms with Crippen LogP contribution in [0.2, 0.25) is 0 Å². The lowest BCUT2D eigenvalue weighted by molar-refractivity contribution is -0.142. The molecule has 1 aromatic rings. The van der Waals surface area contributed by atoms with Gasteiger partial charge in [-0.2, -0.15) is 13.2 Å². The van der Waals surface area contributed by atoms with Crippen molar-refractivity contribution in [2.45, 2.75) is 70.5 Å². The first-order valence-electron chi connectivity index (χ1n) is 8.92. The highest BCUT2D eigenvalue weighted by atomic mass is 19.4. The van der Waals surface area contributed by atoms with Crippen LogP contribution in [0.15, 0.2) is 24.3 Å². The summed E-state index contributed by atoms with van der Waals surface area (Å²) >= 11 is 0. The fraction of sp³-hybridized carbons (Fsp3) is 0.579. The molecule has 0 saturated carbocycles. The van der Waals surface area contributed by atoms with Crippen molar-refractivity contribution < 1.29 is 27.9 Å². The number of hydrogen-bond acceptors (Lipinski definition) is 2. The van der Waals surface area contributed by atoms with E-state index < -0.39 is 29.7 Å². The molecular weight excluding hydrogens is 347 g/mol. The zero-order chi connectivity index (χ0) is 19.6. The number of aliphatic carboxylic acids is 1. The van der Waals surface area contributed by atoms with E-state index in [4.69, 9.17) is 0 Å². The molecule has 0 radical (unpaired) electrons. The second-order valence-electron chi connectivity index (χ2n) is 6.39. The maximum atomic E-state index is 12.7. The Balaban J connectivity index is 2.51. The lowest BCUT2D eigenvalue weighted by atomic mass is 10.0. The quantitative estimate of drug-likeness (QED) is 0.559. The van der Waals surface area contributed by atoms with Crippen molar-refractivity contribution in [1.29, 1.82) is 0 Å². The van der Waals surface area contributed by atoms with Crippen LogP contribution in [-0.2, 0) is 22.2 Å². The smallest absolute Gasteiger partial charge is 0.416 e. The molecule has 146 valence electrons. The lowest BCUT2D eigenvalue weighted by Gasteiger charge is -2.15. The predicted molar refractivity (Wildman–Crippen MR) is 92.7 cm³/mol. The zero-order valence-electron chi connectivity index (χ0n) is 14.9. The van der Waals surface area contributed by atoms with Gasteiger partial charge in [0.15, 0.2) is 0 Å². The van der Waals surface area contributed by atoms with Gasteiger partial charge in [0, 0.05) is 0 Å². The van der Waals surface area contributed by atoms with Crippen molar-refractivity contribution in [2.24, 2.45) is 0 Å². The van der Waals surface area contributed by atoms with E-state index in [9.17, 15) is 27.9 Å². The number of carboxylic acid groups (broad SMARTS) is 1. The highest BCUT2D eigenvalue weighted by Gasteiger charge is 2.30. The van der Waals surface area contributed by atoms with Gasteiger partial charge in [0.2, 0.25) is 5.91 Å². The maximum Gasteiger partial charge on any atom is 0.416 e. The standard InChI is InChI=1S/C19H26F3NO3/c1-2-3-4-5-6-7-11-16(18(25)26)23-17(24)13-14-9-8-10-15(12-14)19(20,21)22/h8-10,12,16H,2-7,11,13H2,1H3,(H,23,24)(H,25,26)/t16-/m0/s1. The van der Waals surface area contributed by atoms with Crippen LogP contribution in [0.1, 0.15) is 63.0 Å². The Kier molecular flexibility index (Phi) is 9.16. The van der Waals surface area contributed by atoms with Gasteiger partial charge in [0.1, 0.15) is 6.04 Å². The van der Waals surface area contributed by atoms with Gasteiger partial charge in [-0.1, -0.05) is 63.6 Å². The molecule has 0 aliphatic rings. The molecular formula is C19H26F3NO3. The van der Waals surface area contributed by atoms with E-state index in [2.05, 4.69) is 12.2 Å². The largest absolute Gasteiger partial charge is 0.480 e. The van der Waals surface area contributed by atoms with Crippen molar-refractivity contribution in [3.05, 3.63) is 35.4 Å². The third kappa shape index (κ3) is 8.36. The molecule has 0 heterocycles. The van der Waals surface area contributed by atoms with E-state index >= 15 is 0 Å². The molecule has 7 heteroatoms. The fourth-order valence-electron chi connectivity index (χ4n) is 2.67. The Morgan fingerprint density at radius 3 is 2.38 bits per heavy atom. The van der Waals surface area contributed by atoms with Gasteiger partial charge in [-0.3, -0.25) is 4.79 Å². The molecule has 0 bridgehead atoms. The zero-order valence-corrected chi connectivity index (χ0v) is 14.9. The molecule has 2 N–H and O–H groups in total. The summed E-state index contributed by atoms with van der Waals surface area (Å²) in [6, 6.07) is 3.47. The lowest BCUT2D eigenvalue weighted by Crippen LogP contribution is -2.41. The summed E-state index contributed by atoms with van der Waals surface area (Å²) in [5, 5.41) is 11.6. The Hall–Kier alpha value is -2.05. The summed E-state index contributed by atoms with van der Waals surface area (Å²) in [5.41, 5.74) is -0.634. The summed E-state index contributed by atoms with van der Waals surface area (Å²) in [6.07, 6.45) is 1.54. The first kappa shape index (κ1) is 22.0. The minimum absolute atomic E-state index is 0.195. The molecule has 4 nitrogen and oxygen atoms in total. The van der Waals surface area contributed by atoms with Crippen LogP contribution < -0.4 is 5.32 Å². The van der Waals surface area contributed by atoms with E-state index in [-0.39, 0.29) is 12.0 Å². The van der Waals surface area contributed by atoms with E-state index in [0.29, 0.717) is 12.8 Å². The molecule has 0 aliphatic carbocycles. The van der Waals surface area contributed by atoms with Crippen LogP contribution in [0.3, 0.4) is 0 Å². The number of nitrogens with one attached hydrogen (secondary N) is 1.